The number of nitro benzene ring substituents is 1. The lowest BCUT2D eigenvalue weighted by Gasteiger charge is -2.06. The van der Waals surface area contributed by atoms with Gasteiger partial charge in [-0.2, -0.15) is 0 Å². The van der Waals surface area contributed by atoms with Gasteiger partial charge in [0, 0.05) is 30.1 Å². The predicted molar refractivity (Wildman–Crippen MR) is 74.6 cm³/mol. The van der Waals surface area contributed by atoms with Crippen molar-refractivity contribution in [3.8, 4) is 0 Å². The zero-order valence-corrected chi connectivity index (χ0v) is 12.2. The second-order valence-electron chi connectivity index (χ2n) is 3.87. The molecule has 1 N–H and O–H groups in total. The van der Waals surface area contributed by atoms with Gasteiger partial charge in [0.2, 0.25) is 0 Å². The van der Waals surface area contributed by atoms with Crippen LogP contribution >= 0.6 is 15.9 Å². The number of rotatable bonds is 8. The topological polar surface area (TPSA) is 81.5 Å². The fourth-order valence-corrected chi connectivity index (χ4v) is 1.67. The van der Waals surface area contributed by atoms with E-state index in [1.165, 1.54) is 0 Å². The molecule has 0 saturated carbocycles. The van der Waals surface area contributed by atoms with E-state index in [-0.39, 0.29) is 5.56 Å². The summed E-state index contributed by atoms with van der Waals surface area (Å²) in [5, 5.41) is 13.9. The van der Waals surface area contributed by atoms with Gasteiger partial charge >= 0.3 is 0 Å². The summed E-state index contributed by atoms with van der Waals surface area (Å²) in [7, 11) is 0. The van der Waals surface area contributed by atoms with E-state index in [0.29, 0.717) is 26.2 Å². The summed E-state index contributed by atoms with van der Waals surface area (Å²) in [4.78, 5) is 21.5. The molecule has 0 fully saturated rings. The van der Waals surface area contributed by atoms with E-state index < -0.39 is 22.3 Å². The van der Waals surface area contributed by atoms with Crippen molar-refractivity contribution in [1.29, 1.82) is 0 Å². The standard InChI is InChI=1S/C12H14BrFN2O4/c13-2-5-20-4-1-3-15-12(17)9-6-10(14)8-11(7-9)16(18)19/h6-8H,1-5H2,(H,15,17). The Morgan fingerprint density at radius 1 is 1.40 bits per heavy atom. The fourth-order valence-electron chi connectivity index (χ4n) is 1.45. The van der Waals surface area contributed by atoms with Crippen molar-refractivity contribution < 1.29 is 18.8 Å². The van der Waals surface area contributed by atoms with E-state index >= 15 is 0 Å². The molecule has 0 spiro atoms. The Hall–Kier alpha value is -1.54. The molecule has 0 bridgehead atoms. The second kappa shape index (κ2) is 8.60. The molecule has 1 aromatic carbocycles. The van der Waals surface area contributed by atoms with Crippen molar-refractivity contribution in [2.24, 2.45) is 0 Å². The van der Waals surface area contributed by atoms with Crippen molar-refractivity contribution in [2.75, 3.05) is 25.1 Å². The number of nitrogens with one attached hydrogen (secondary N) is 1. The van der Waals surface area contributed by atoms with Gasteiger partial charge in [-0.05, 0) is 12.5 Å². The minimum Gasteiger partial charge on any atom is -0.381 e. The highest BCUT2D eigenvalue weighted by Gasteiger charge is 2.14. The maximum atomic E-state index is 13.2. The summed E-state index contributed by atoms with van der Waals surface area (Å²) < 4.78 is 18.4. The van der Waals surface area contributed by atoms with Crippen molar-refractivity contribution in [1.82, 2.24) is 5.32 Å². The van der Waals surface area contributed by atoms with E-state index in [9.17, 15) is 19.3 Å². The lowest BCUT2D eigenvalue weighted by Crippen LogP contribution is -2.25. The van der Waals surface area contributed by atoms with Crippen LogP contribution in [0.3, 0.4) is 0 Å². The normalized spacial score (nSPS) is 10.3. The van der Waals surface area contributed by atoms with Crippen LogP contribution in [0.25, 0.3) is 0 Å². The predicted octanol–water partition coefficient (Wildman–Crippen LogP) is 2.27. The lowest BCUT2D eigenvalue weighted by molar-refractivity contribution is -0.385. The number of non-ortho nitro benzene ring substituents is 1. The average Bonchev–Trinajstić information content (AvgIpc) is 2.41. The Bertz CT molecular complexity index is 485. The molecule has 20 heavy (non-hydrogen) atoms. The van der Waals surface area contributed by atoms with Crippen LogP contribution in [-0.2, 0) is 4.74 Å². The van der Waals surface area contributed by atoms with Crippen molar-refractivity contribution >= 4 is 27.5 Å². The minimum absolute atomic E-state index is 0.0712. The van der Waals surface area contributed by atoms with Crippen LogP contribution in [0, 0.1) is 15.9 Å². The van der Waals surface area contributed by atoms with Gasteiger partial charge in [-0.3, -0.25) is 14.9 Å². The fraction of sp³-hybridized carbons (Fsp3) is 0.417. The van der Waals surface area contributed by atoms with Gasteiger partial charge in [0.15, 0.2) is 0 Å². The Balaban J connectivity index is 2.49. The Kier molecular flexibility index (Phi) is 7.10. The van der Waals surface area contributed by atoms with Crippen LogP contribution in [-0.4, -0.2) is 35.9 Å². The molecule has 1 amide bonds. The van der Waals surface area contributed by atoms with Gasteiger partial charge in [0.1, 0.15) is 5.82 Å². The zero-order valence-electron chi connectivity index (χ0n) is 10.6. The maximum absolute atomic E-state index is 13.2. The molecule has 0 aliphatic rings. The molecule has 1 aromatic rings. The summed E-state index contributed by atoms with van der Waals surface area (Å²) in [6.07, 6.45) is 0.607. The van der Waals surface area contributed by atoms with E-state index in [1.807, 2.05) is 0 Å². The number of nitrogens with zero attached hydrogens (tertiary/aromatic N) is 1. The number of ether oxygens (including phenoxy) is 1. The molecule has 0 heterocycles. The molecule has 0 radical (unpaired) electrons. The molecule has 8 heteroatoms. The van der Waals surface area contributed by atoms with Gasteiger partial charge in [-0.25, -0.2) is 4.39 Å². The van der Waals surface area contributed by atoms with Gasteiger partial charge < -0.3 is 10.1 Å². The van der Waals surface area contributed by atoms with Crippen LogP contribution in [0.1, 0.15) is 16.8 Å². The summed E-state index contributed by atoms with van der Waals surface area (Å²) in [5.74, 6) is -1.36. The number of carbonyl (C=O) groups is 1. The molecule has 0 atom stereocenters. The highest BCUT2D eigenvalue weighted by atomic mass is 79.9. The molecule has 0 unspecified atom stereocenters. The Labute approximate surface area is 123 Å². The largest absolute Gasteiger partial charge is 0.381 e. The zero-order chi connectivity index (χ0) is 15.0. The van der Waals surface area contributed by atoms with Gasteiger partial charge in [-0.1, -0.05) is 15.9 Å². The summed E-state index contributed by atoms with van der Waals surface area (Å²) in [6, 6.07) is 2.77. The number of alkyl halides is 1. The third-order valence-electron chi connectivity index (χ3n) is 2.33. The summed E-state index contributed by atoms with van der Waals surface area (Å²) >= 11 is 3.21. The highest BCUT2D eigenvalue weighted by molar-refractivity contribution is 9.09. The van der Waals surface area contributed by atoms with E-state index in [4.69, 9.17) is 4.74 Å². The van der Waals surface area contributed by atoms with Crippen LogP contribution in [0.15, 0.2) is 18.2 Å². The van der Waals surface area contributed by atoms with Gasteiger partial charge in [0.25, 0.3) is 11.6 Å². The number of carbonyl (C=O) groups excluding carboxylic acids is 1. The molecule has 0 aromatic heterocycles. The minimum atomic E-state index is -0.815. The molecule has 6 nitrogen and oxygen atoms in total. The number of benzene rings is 1. The number of hydrogen-bond donors (Lipinski definition) is 1. The Morgan fingerprint density at radius 3 is 2.80 bits per heavy atom. The third-order valence-corrected chi connectivity index (χ3v) is 2.65. The molecule has 1 rings (SSSR count). The van der Waals surface area contributed by atoms with Crippen LogP contribution in [0.2, 0.25) is 0 Å². The quantitative estimate of drug-likeness (QED) is 0.338. The third kappa shape index (κ3) is 5.62. The molecular weight excluding hydrogens is 335 g/mol. The number of halogens is 2. The SMILES string of the molecule is O=C(NCCCOCCBr)c1cc(F)cc([N+](=O)[O-])c1. The lowest BCUT2D eigenvalue weighted by atomic mass is 10.2. The molecule has 0 saturated heterocycles. The smallest absolute Gasteiger partial charge is 0.273 e. The first-order valence-electron chi connectivity index (χ1n) is 5.91. The number of nitro groups is 1. The van der Waals surface area contributed by atoms with Crippen molar-refractivity contribution in [3.05, 3.63) is 39.7 Å². The van der Waals surface area contributed by atoms with Crippen molar-refractivity contribution in [2.45, 2.75) is 6.42 Å². The first-order valence-corrected chi connectivity index (χ1v) is 7.03. The number of amides is 1. The molecule has 110 valence electrons. The van der Waals surface area contributed by atoms with E-state index in [2.05, 4.69) is 21.2 Å². The van der Waals surface area contributed by atoms with Crippen LogP contribution < -0.4 is 5.32 Å². The highest BCUT2D eigenvalue weighted by Crippen LogP contribution is 2.16. The van der Waals surface area contributed by atoms with E-state index in [0.717, 1.165) is 23.5 Å². The number of hydrogen-bond acceptors (Lipinski definition) is 4. The summed E-state index contributed by atoms with van der Waals surface area (Å²) in [6.45, 7) is 1.44. The first kappa shape index (κ1) is 16.5. The second-order valence-corrected chi connectivity index (χ2v) is 4.66. The molecule has 0 aliphatic heterocycles. The first-order chi connectivity index (χ1) is 9.54. The van der Waals surface area contributed by atoms with Crippen LogP contribution in [0.4, 0.5) is 10.1 Å². The molecule has 0 aliphatic carbocycles. The van der Waals surface area contributed by atoms with Gasteiger partial charge in [0.05, 0.1) is 17.6 Å². The summed E-state index contributed by atoms with van der Waals surface area (Å²) in [5.41, 5.74) is -0.520. The maximum Gasteiger partial charge on any atom is 0.273 e. The van der Waals surface area contributed by atoms with E-state index in [1.54, 1.807) is 0 Å². The molecular formula is C12H14BrFN2O4. The van der Waals surface area contributed by atoms with Gasteiger partial charge in [-0.15, -0.1) is 0 Å². The average molecular weight is 349 g/mol. The van der Waals surface area contributed by atoms with Crippen LogP contribution in [0.5, 0.6) is 0 Å². The monoisotopic (exact) mass is 348 g/mol. The van der Waals surface area contributed by atoms with Crippen molar-refractivity contribution in [3.63, 3.8) is 0 Å². The Morgan fingerprint density at radius 2 is 2.15 bits per heavy atom.